The molecule has 1 aliphatic heterocycles. The van der Waals surface area contributed by atoms with Gasteiger partial charge in [-0.2, -0.15) is 18.3 Å². The Balaban J connectivity index is 1.47. The number of nitrogens with zero attached hydrogens (tertiary/aromatic N) is 5. The van der Waals surface area contributed by atoms with Crippen molar-refractivity contribution in [2.45, 2.75) is 57.5 Å². The second-order valence-electron chi connectivity index (χ2n) is 10.2. The van der Waals surface area contributed by atoms with E-state index in [1.807, 2.05) is 11.6 Å². The van der Waals surface area contributed by atoms with Crippen molar-refractivity contribution in [2.75, 3.05) is 6.54 Å². The molecule has 0 radical (unpaired) electrons. The highest BCUT2D eigenvalue weighted by Gasteiger charge is 2.42. The van der Waals surface area contributed by atoms with Gasteiger partial charge in [-0.1, -0.05) is 43.7 Å². The van der Waals surface area contributed by atoms with Crippen molar-refractivity contribution in [1.29, 1.82) is 0 Å². The number of sulfonamides is 1. The van der Waals surface area contributed by atoms with Gasteiger partial charge in [-0.25, -0.2) is 17.8 Å². The van der Waals surface area contributed by atoms with E-state index in [-0.39, 0.29) is 34.2 Å². The Morgan fingerprint density at radius 1 is 1.11 bits per heavy atom. The summed E-state index contributed by atoms with van der Waals surface area (Å²) in [4.78, 5) is 28.8. The third-order valence-corrected chi connectivity index (χ3v) is 7.87. The summed E-state index contributed by atoms with van der Waals surface area (Å²) in [6, 6.07) is 11.2. The zero-order valence-electron chi connectivity index (χ0n) is 24.0. The Labute approximate surface area is 250 Å². The quantitative estimate of drug-likeness (QED) is 0.113. The molecule has 1 unspecified atom stereocenters. The van der Waals surface area contributed by atoms with Crippen LogP contribution in [0.15, 0.2) is 64.8 Å². The summed E-state index contributed by atoms with van der Waals surface area (Å²) in [6.45, 7) is 6.44. The lowest BCUT2D eigenvalue weighted by atomic mass is 10.1. The number of alkyl halides is 3. The van der Waals surface area contributed by atoms with Crippen LogP contribution in [0.4, 0.5) is 13.2 Å². The van der Waals surface area contributed by atoms with Gasteiger partial charge in [0.1, 0.15) is 0 Å². The summed E-state index contributed by atoms with van der Waals surface area (Å²) in [6.07, 6.45) is -5.77. The summed E-state index contributed by atoms with van der Waals surface area (Å²) in [5, 5.41) is 20.1. The molecule has 1 N–H and O–H groups in total. The molecule has 2 atom stereocenters. The summed E-state index contributed by atoms with van der Waals surface area (Å²) in [5.74, 6) is -2.03. The third kappa shape index (κ3) is 7.27. The number of rotatable bonds is 10. The predicted molar refractivity (Wildman–Crippen MR) is 147 cm³/mol. The fourth-order valence-electron chi connectivity index (χ4n) is 3.99. The zero-order valence-corrected chi connectivity index (χ0v) is 24.8. The molecule has 1 fully saturated rings. The summed E-state index contributed by atoms with van der Waals surface area (Å²) < 4.78 is 74.2. The highest BCUT2D eigenvalue weighted by atomic mass is 32.2. The Kier molecular flexibility index (Phi) is 9.17. The van der Waals surface area contributed by atoms with Gasteiger partial charge in [-0.15, -0.1) is 5.01 Å². The Bertz CT molecular complexity index is 1660. The molecule has 2 heterocycles. The van der Waals surface area contributed by atoms with E-state index in [0.29, 0.717) is 5.56 Å². The van der Waals surface area contributed by atoms with Crippen LogP contribution < -0.4 is 4.72 Å². The fraction of sp³-hybridized carbons (Fsp3) is 0.370. The lowest BCUT2D eigenvalue weighted by Gasteiger charge is -2.34. The highest BCUT2D eigenvalue weighted by Crippen LogP contribution is 2.33. The number of hydrogen-bond donors (Lipinski definition) is 1. The van der Waals surface area contributed by atoms with Crippen molar-refractivity contribution in [1.82, 2.24) is 19.5 Å². The Morgan fingerprint density at radius 3 is 2.30 bits per heavy atom. The number of ether oxygens (including phenoxy) is 1. The topological polar surface area (TPSA) is 158 Å². The van der Waals surface area contributed by atoms with E-state index < -0.39 is 52.0 Å². The fourth-order valence-corrected chi connectivity index (χ4v) is 5.01. The number of aromatic nitrogens is 2. The van der Waals surface area contributed by atoms with E-state index in [4.69, 9.17) is 9.57 Å². The van der Waals surface area contributed by atoms with Crippen LogP contribution in [0.25, 0.3) is 16.9 Å². The van der Waals surface area contributed by atoms with Crippen molar-refractivity contribution in [3.05, 3.63) is 71.1 Å². The minimum Gasteiger partial charge on any atom is -0.569 e. The molecule has 4 rings (SSSR count). The van der Waals surface area contributed by atoms with Gasteiger partial charge in [0.25, 0.3) is 22.2 Å². The minimum absolute atomic E-state index is 0.0419. The van der Waals surface area contributed by atoms with Crippen LogP contribution in [0.5, 0.6) is 0 Å². The second-order valence-corrected chi connectivity index (χ2v) is 11.9. The van der Waals surface area contributed by atoms with Crippen LogP contribution in [-0.2, 0) is 35.4 Å². The number of esters is 1. The molecular formula is C27H29F3N6O7S. The molecule has 17 heteroatoms. The standard InChI is InChI=1S/C27H29F3N6O7S/c1-16(2)26(38)42-18(4)43-33-36(39)34-14-13-22(34)25(37)32-44(40,41)21-11-9-20(10-12-21)35-23(15-24(31-35)27(28,29)30)19-7-5-17(3)6-8-19/h5-12,15-16,18,22H,13-14H2,1-4H3,(H,32,37)/b36-33-/t18?,22-/m0/s1. The summed E-state index contributed by atoms with van der Waals surface area (Å²) in [7, 11) is -4.44. The first kappa shape index (κ1) is 32.2. The molecule has 0 saturated carbocycles. The average molecular weight is 639 g/mol. The van der Waals surface area contributed by atoms with Crippen LogP contribution >= 0.6 is 0 Å². The van der Waals surface area contributed by atoms with E-state index in [1.165, 1.54) is 19.1 Å². The second kappa shape index (κ2) is 12.5. The summed E-state index contributed by atoms with van der Waals surface area (Å²) in [5.41, 5.74) is 0.516. The number of benzene rings is 2. The molecular weight excluding hydrogens is 609 g/mol. The molecule has 44 heavy (non-hydrogen) atoms. The first-order valence-corrected chi connectivity index (χ1v) is 14.8. The van der Waals surface area contributed by atoms with Crippen LogP contribution in [0, 0.1) is 18.0 Å². The smallest absolute Gasteiger partial charge is 0.435 e. The normalized spacial score (nSPS) is 16.3. The molecule has 13 nitrogen and oxygen atoms in total. The predicted octanol–water partition coefficient (Wildman–Crippen LogP) is 4.10. The summed E-state index contributed by atoms with van der Waals surface area (Å²) >= 11 is 0. The van der Waals surface area contributed by atoms with Crippen LogP contribution in [-0.4, -0.2) is 58.9 Å². The van der Waals surface area contributed by atoms with Gasteiger partial charge in [-0.05, 0) is 37.3 Å². The van der Waals surface area contributed by atoms with E-state index in [9.17, 15) is 36.4 Å². The number of carbonyl (C=O) groups excluding carboxylic acids is 2. The number of hydrogen-bond acceptors (Lipinski definition) is 9. The molecule has 0 spiro atoms. The van der Waals surface area contributed by atoms with Crippen molar-refractivity contribution >= 4 is 21.9 Å². The number of nitrogens with one attached hydrogen (secondary N) is 1. The van der Waals surface area contributed by atoms with Crippen molar-refractivity contribution < 1.29 is 45.7 Å². The van der Waals surface area contributed by atoms with Gasteiger partial charge in [0, 0.05) is 18.9 Å². The third-order valence-electron chi connectivity index (χ3n) is 6.51. The number of amides is 1. The molecule has 3 aromatic rings. The van der Waals surface area contributed by atoms with Crippen molar-refractivity contribution in [3.63, 3.8) is 0 Å². The van der Waals surface area contributed by atoms with Crippen LogP contribution in [0.3, 0.4) is 0 Å². The van der Waals surface area contributed by atoms with E-state index in [0.717, 1.165) is 33.5 Å². The average Bonchev–Trinajstić information content (AvgIpc) is 3.38. The molecule has 1 saturated heterocycles. The molecule has 236 valence electrons. The largest absolute Gasteiger partial charge is 0.569 e. The molecule has 1 aliphatic rings. The number of halogens is 3. The minimum atomic E-state index is -4.72. The van der Waals surface area contributed by atoms with Gasteiger partial charge < -0.3 is 9.94 Å². The lowest BCUT2D eigenvalue weighted by molar-refractivity contribution is -0.730. The zero-order chi connectivity index (χ0) is 32.4. The van der Waals surface area contributed by atoms with Crippen molar-refractivity contribution in [3.8, 4) is 16.9 Å². The van der Waals surface area contributed by atoms with Gasteiger partial charge in [0.15, 0.2) is 11.7 Å². The first-order valence-electron chi connectivity index (χ1n) is 13.3. The van der Waals surface area contributed by atoms with E-state index in [1.54, 1.807) is 38.1 Å². The molecule has 0 aliphatic carbocycles. The van der Waals surface area contributed by atoms with Gasteiger partial charge in [0.2, 0.25) is 5.28 Å². The molecule has 2 aromatic carbocycles. The Hall–Kier alpha value is -4.67. The number of carbonyl (C=O) groups is 2. The maximum atomic E-state index is 13.5. The van der Waals surface area contributed by atoms with E-state index >= 15 is 0 Å². The molecule has 1 amide bonds. The monoisotopic (exact) mass is 638 g/mol. The highest BCUT2D eigenvalue weighted by molar-refractivity contribution is 7.90. The van der Waals surface area contributed by atoms with Crippen molar-refractivity contribution in [2.24, 2.45) is 11.2 Å². The van der Waals surface area contributed by atoms with Crippen LogP contribution in [0.1, 0.15) is 38.4 Å². The Morgan fingerprint density at radius 2 is 1.75 bits per heavy atom. The number of hydrazine groups is 1. The van der Waals surface area contributed by atoms with Gasteiger partial charge in [0.05, 0.1) is 33.7 Å². The van der Waals surface area contributed by atoms with Gasteiger partial charge in [-0.3, -0.25) is 14.4 Å². The lowest BCUT2D eigenvalue weighted by Crippen LogP contribution is -2.59. The molecule has 0 bridgehead atoms. The first-order chi connectivity index (χ1) is 20.6. The van der Waals surface area contributed by atoms with Gasteiger partial charge >= 0.3 is 12.1 Å². The SMILES string of the molecule is Cc1ccc(-c2cc(C(F)(F)F)nn2-c2ccc(S(=O)(=O)NC(=O)[C@@H]3CCN3/[N+]([O-])=N/OC(C)OC(=O)C(C)C)cc2)cc1. The maximum absolute atomic E-state index is 13.5. The van der Waals surface area contributed by atoms with E-state index in [2.05, 4.69) is 10.4 Å². The maximum Gasteiger partial charge on any atom is 0.435 e. The van der Waals surface area contributed by atoms with Crippen LogP contribution in [0.2, 0.25) is 0 Å². The molecule has 1 aromatic heterocycles. The number of aryl methyl sites for hydroxylation is 1.